The summed E-state index contributed by atoms with van der Waals surface area (Å²) in [4.78, 5) is 0. The summed E-state index contributed by atoms with van der Waals surface area (Å²) in [6.45, 7) is 0. The van der Waals surface area contributed by atoms with Gasteiger partial charge in [-0.25, -0.2) is 0 Å². The zero-order valence-electron chi connectivity index (χ0n) is 14.0. The summed E-state index contributed by atoms with van der Waals surface area (Å²) < 4.78 is 0. The Balaban J connectivity index is 0. The molecule has 0 fully saturated rings. The minimum Gasteiger partial charge on any atom is -1.00 e. The molecular formula is H7K3Na4. The first-order valence-electron chi connectivity index (χ1n) is 0. The van der Waals surface area contributed by atoms with Crippen molar-refractivity contribution in [3.8, 4) is 0 Å². The van der Waals surface area contributed by atoms with Gasteiger partial charge in [0.2, 0.25) is 0 Å². The third kappa shape index (κ3) is 31.3. The second-order valence-electron chi connectivity index (χ2n) is 0. The maximum absolute atomic E-state index is 0. The van der Waals surface area contributed by atoms with Gasteiger partial charge in [-0.2, -0.15) is 0 Å². The van der Waals surface area contributed by atoms with Crippen LogP contribution in [0.1, 0.15) is 9.99 Å². The second kappa shape index (κ2) is 36.3. The van der Waals surface area contributed by atoms with Gasteiger partial charge in [-0.1, -0.05) is 0 Å². The predicted octanol–water partition coefficient (Wildman–Crippen LogP) is -20.2. The van der Waals surface area contributed by atoms with Gasteiger partial charge in [-0.05, 0) is 0 Å². The van der Waals surface area contributed by atoms with Gasteiger partial charge in [0, 0.05) is 0 Å². The third-order valence-electron chi connectivity index (χ3n) is 0. The summed E-state index contributed by atoms with van der Waals surface area (Å²) in [5, 5.41) is 0. The molecular weight excluding hydrogens is 209 g/mol. The Morgan fingerprint density at radius 2 is 0.429 bits per heavy atom. The molecule has 0 aromatic carbocycles. The van der Waals surface area contributed by atoms with Crippen molar-refractivity contribution < 1.29 is 282 Å². The Morgan fingerprint density at radius 1 is 0.429 bits per heavy atom. The fraction of sp³-hybridized carbons (Fsp3) is 0. The monoisotopic (exact) mass is 216 g/mol. The van der Waals surface area contributed by atoms with Crippen LogP contribution in [0, 0.1) is 0 Å². The summed E-state index contributed by atoms with van der Waals surface area (Å²) in [6.07, 6.45) is 0. The van der Waals surface area contributed by atoms with Gasteiger partial charge in [0.15, 0.2) is 0 Å². The summed E-state index contributed by atoms with van der Waals surface area (Å²) in [6, 6.07) is 0. The Kier molecular flexibility index (Phi) is 231. The molecule has 0 aliphatic carbocycles. The van der Waals surface area contributed by atoms with E-state index in [1.54, 1.807) is 0 Å². The van der Waals surface area contributed by atoms with Crippen LogP contribution in [0.4, 0.5) is 0 Å². The van der Waals surface area contributed by atoms with Crippen molar-refractivity contribution in [2.45, 2.75) is 0 Å². The molecule has 0 saturated carbocycles. The van der Waals surface area contributed by atoms with Crippen molar-refractivity contribution in [3.63, 3.8) is 0 Å². The third-order valence-corrected chi connectivity index (χ3v) is 0. The van der Waals surface area contributed by atoms with Crippen LogP contribution < -0.4 is 272 Å². The van der Waals surface area contributed by atoms with Crippen LogP contribution in [0.3, 0.4) is 0 Å². The molecule has 0 nitrogen and oxygen atoms in total. The topological polar surface area (TPSA) is 0 Å². The quantitative estimate of drug-likeness (QED) is 0.353. The van der Waals surface area contributed by atoms with Gasteiger partial charge in [-0.3, -0.25) is 0 Å². The minimum absolute atomic E-state index is 0. The standard InChI is InChI=1S/3K.4Na.7H/q7*+1;7*-1. The van der Waals surface area contributed by atoms with Crippen LogP contribution in [0.5, 0.6) is 0 Å². The van der Waals surface area contributed by atoms with Crippen molar-refractivity contribution in [2.24, 2.45) is 0 Å². The van der Waals surface area contributed by atoms with Crippen molar-refractivity contribution in [3.05, 3.63) is 0 Å². The van der Waals surface area contributed by atoms with Crippen molar-refractivity contribution in [1.29, 1.82) is 0 Å². The molecule has 0 amide bonds. The van der Waals surface area contributed by atoms with E-state index in [0.717, 1.165) is 0 Å². The molecule has 0 spiro atoms. The van der Waals surface area contributed by atoms with Crippen molar-refractivity contribution in [2.75, 3.05) is 0 Å². The normalized spacial score (nSPS) is 0. The minimum atomic E-state index is 0. The van der Waals surface area contributed by atoms with Gasteiger partial charge >= 0.3 is 272 Å². The number of hydrogen-bond donors (Lipinski definition) is 0. The van der Waals surface area contributed by atoms with E-state index in [2.05, 4.69) is 0 Å². The molecule has 0 aliphatic heterocycles. The number of rotatable bonds is 0. The van der Waals surface area contributed by atoms with E-state index in [1.165, 1.54) is 0 Å². The molecule has 0 atom stereocenters. The van der Waals surface area contributed by atoms with Gasteiger partial charge in [0.1, 0.15) is 0 Å². The Bertz CT molecular complexity index is 20.9. The zero-order valence-corrected chi connectivity index (χ0v) is 24.4. The van der Waals surface area contributed by atoms with Crippen LogP contribution in [-0.4, -0.2) is 0 Å². The molecule has 0 radical (unpaired) electrons. The molecule has 0 heterocycles. The van der Waals surface area contributed by atoms with Crippen LogP contribution in [0.25, 0.3) is 0 Å². The van der Waals surface area contributed by atoms with Crippen molar-refractivity contribution in [1.82, 2.24) is 0 Å². The fourth-order valence-corrected chi connectivity index (χ4v) is 0. The fourth-order valence-electron chi connectivity index (χ4n) is 0. The van der Waals surface area contributed by atoms with Crippen molar-refractivity contribution >= 4 is 0 Å². The maximum Gasteiger partial charge on any atom is 1.00 e. The van der Waals surface area contributed by atoms with Gasteiger partial charge in [0.05, 0.1) is 0 Å². The maximum atomic E-state index is 0. The van der Waals surface area contributed by atoms with E-state index in [1.807, 2.05) is 0 Å². The van der Waals surface area contributed by atoms with Crippen LogP contribution >= 0.6 is 0 Å². The first-order chi connectivity index (χ1) is 0. The van der Waals surface area contributed by atoms with E-state index in [-0.39, 0.29) is 282 Å². The number of hydrogen-bond acceptors (Lipinski definition) is 0. The van der Waals surface area contributed by atoms with E-state index in [0.29, 0.717) is 0 Å². The summed E-state index contributed by atoms with van der Waals surface area (Å²) in [5.41, 5.74) is 0. The molecule has 0 bridgehead atoms. The molecule has 0 unspecified atom stereocenters. The predicted molar refractivity (Wildman–Crippen MR) is 7.78 cm³/mol. The van der Waals surface area contributed by atoms with E-state index >= 15 is 0 Å². The molecule has 0 saturated heterocycles. The molecule has 14 valence electrons. The summed E-state index contributed by atoms with van der Waals surface area (Å²) in [5.74, 6) is 0. The molecule has 7 heavy (non-hydrogen) atoms. The van der Waals surface area contributed by atoms with Gasteiger partial charge in [-0.15, -0.1) is 0 Å². The molecule has 0 aromatic heterocycles. The van der Waals surface area contributed by atoms with Crippen LogP contribution in [0.2, 0.25) is 0 Å². The summed E-state index contributed by atoms with van der Waals surface area (Å²) in [7, 11) is 0. The molecule has 0 N–H and O–H groups in total. The summed E-state index contributed by atoms with van der Waals surface area (Å²) >= 11 is 0. The average Bonchev–Trinajstić information content (AvgIpc) is 0. The van der Waals surface area contributed by atoms with Crippen LogP contribution in [-0.2, 0) is 0 Å². The first kappa shape index (κ1) is 44.6. The molecule has 0 aliphatic rings. The SMILES string of the molecule is [H-].[H-].[H-].[H-].[H-].[H-].[H-].[K+].[K+].[K+].[Na+].[Na+].[Na+].[Na+]. The Hall–Kier alpha value is 8.91. The Morgan fingerprint density at radius 3 is 0.429 bits per heavy atom. The Labute approximate surface area is 272 Å². The molecule has 0 aromatic rings. The molecule has 7 heteroatoms. The van der Waals surface area contributed by atoms with E-state index < -0.39 is 0 Å². The first-order valence-corrected chi connectivity index (χ1v) is 0. The average molecular weight is 216 g/mol. The van der Waals surface area contributed by atoms with Gasteiger partial charge < -0.3 is 9.99 Å². The van der Waals surface area contributed by atoms with E-state index in [4.69, 9.17) is 0 Å². The van der Waals surface area contributed by atoms with E-state index in [9.17, 15) is 0 Å². The smallest absolute Gasteiger partial charge is 1.00 e. The van der Waals surface area contributed by atoms with Crippen LogP contribution in [0.15, 0.2) is 0 Å². The second-order valence-corrected chi connectivity index (χ2v) is 0. The van der Waals surface area contributed by atoms with Gasteiger partial charge in [0.25, 0.3) is 0 Å². The largest absolute Gasteiger partial charge is 1.00 e. The molecule has 0 rings (SSSR count). The zero-order chi connectivity index (χ0) is 0.